The van der Waals surface area contributed by atoms with Crippen LogP contribution in [-0.4, -0.2) is 35.8 Å². The summed E-state index contributed by atoms with van der Waals surface area (Å²) in [4.78, 5) is 0. The molecule has 0 unspecified atom stereocenters. The molecule has 0 atom stereocenters. The molecule has 5 rings (SSSR count). The second-order valence-corrected chi connectivity index (χ2v) is 8.57. The molecule has 0 radical (unpaired) electrons. The van der Waals surface area contributed by atoms with Gasteiger partial charge in [0.25, 0.3) is 0 Å². The molecule has 164 valence electrons. The molecule has 2 fully saturated rings. The Balaban J connectivity index is 1.59. The number of anilines is 1. The Morgan fingerprint density at radius 1 is 1.16 bits per heavy atom. The van der Waals surface area contributed by atoms with Crippen LogP contribution < -0.4 is 15.8 Å². The van der Waals surface area contributed by atoms with Crippen molar-refractivity contribution in [1.29, 1.82) is 5.26 Å². The molecule has 1 aliphatic carbocycles. The lowest BCUT2D eigenvalue weighted by Crippen LogP contribution is -2.33. The van der Waals surface area contributed by atoms with Gasteiger partial charge in [0.2, 0.25) is 0 Å². The van der Waals surface area contributed by atoms with E-state index in [0.717, 1.165) is 46.4 Å². The zero-order chi connectivity index (χ0) is 22.1. The predicted octanol–water partition coefficient (Wildman–Crippen LogP) is 4.31. The molecule has 0 spiro atoms. The predicted molar refractivity (Wildman–Crippen MR) is 127 cm³/mol. The molecule has 3 aromatic rings. The van der Waals surface area contributed by atoms with Gasteiger partial charge in [-0.15, -0.1) is 0 Å². The maximum atomic E-state index is 10.1. The number of ether oxygens (including phenoxy) is 3. The number of fused-ring (bicyclic) bond motifs is 1. The van der Waals surface area contributed by atoms with Crippen molar-refractivity contribution in [3.63, 3.8) is 0 Å². The molecule has 7 nitrogen and oxygen atoms in total. The third kappa shape index (κ3) is 3.91. The number of hydrogen-bond donors (Lipinski definition) is 2. The zero-order valence-electron chi connectivity index (χ0n) is 17.5. The van der Waals surface area contributed by atoms with E-state index in [1.54, 1.807) is 0 Å². The van der Waals surface area contributed by atoms with Crippen molar-refractivity contribution in [2.75, 3.05) is 25.3 Å². The van der Waals surface area contributed by atoms with Gasteiger partial charge >= 0.3 is 0 Å². The summed E-state index contributed by atoms with van der Waals surface area (Å²) in [6.45, 7) is 1.32. The van der Waals surface area contributed by atoms with Gasteiger partial charge in [-0.3, -0.25) is 0 Å². The van der Waals surface area contributed by atoms with E-state index >= 15 is 0 Å². The molecular formula is C24H24N4O3S. The first-order valence-electron chi connectivity index (χ1n) is 10.7. The van der Waals surface area contributed by atoms with Gasteiger partial charge in [-0.2, -0.15) is 5.26 Å². The number of thiocarbonyl (C=S) groups is 1. The van der Waals surface area contributed by atoms with Crippen LogP contribution in [0.5, 0.6) is 5.75 Å². The number of hydrogen-bond acceptors (Lipinski definition) is 5. The number of nitriles is 1. The Hall–Kier alpha value is -3.12. The van der Waals surface area contributed by atoms with Crippen LogP contribution in [0, 0.1) is 11.3 Å². The van der Waals surface area contributed by atoms with Crippen LogP contribution in [0.1, 0.15) is 30.9 Å². The molecule has 2 heterocycles. The van der Waals surface area contributed by atoms with E-state index in [1.807, 2.05) is 42.5 Å². The summed E-state index contributed by atoms with van der Waals surface area (Å²) in [5.74, 6) is 0.752. The Labute approximate surface area is 191 Å². The quantitative estimate of drug-likeness (QED) is 0.562. The highest BCUT2D eigenvalue weighted by Gasteiger charge is 2.28. The van der Waals surface area contributed by atoms with Crippen molar-refractivity contribution < 1.29 is 14.2 Å². The second-order valence-electron chi connectivity index (χ2n) is 8.13. The minimum Gasteiger partial charge on any atom is -0.486 e. The highest BCUT2D eigenvalue weighted by molar-refractivity contribution is 7.80. The van der Waals surface area contributed by atoms with E-state index < -0.39 is 0 Å². The third-order valence-electron chi connectivity index (χ3n) is 6.03. The largest absolute Gasteiger partial charge is 0.486 e. The summed E-state index contributed by atoms with van der Waals surface area (Å²) in [5, 5.41) is 14.2. The summed E-state index contributed by atoms with van der Waals surface area (Å²) < 4.78 is 19.1. The van der Waals surface area contributed by atoms with Gasteiger partial charge < -0.3 is 29.8 Å². The zero-order valence-corrected chi connectivity index (χ0v) is 18.4. The van der Waals surface area contributed by atoms with Crippen LogP contribution in [0.25, 0.3) is 22.2 Å². The molecule has 3 N–H and O–H groups in total. The maximum absolute atomic E-state index is 10.1. The summed E-state index contributed by atoms with van der Waals surface area (Å²) in [7, 11) is 0. The fraction of sp³-hybridized carbons (Fsp3) is 0.333. The summed E-state index contributed by atoms with van der Waals surface area (Å²) >= 11 is 4.93. The van der Waals surface area contributed by atoms with Crippen molar-refractivity contribution in [2.24, 2.45) is 5.73 Å². The Morgan fingerprint density at radius 3 is 2.53 bits per heavy atom. The molecule has 2 aromatic carbocycles. The van der Waals surface area contributed by atoms with Gasteiger partial charge in [-0.1, -0.05) is 12.1 Å². The Morgan fingerprint density at radius 2 is 1.91 bits per heavy atom. The molecule has 32 heavy (non-hydrogen) atoms. The number of aromatic nitrogens is 1. The molecule has 1 aliphatic heterocycles. The molecule has 1 saturated carbocycles. The van der Waals surface area contributed by atoms with Gasteiger partial charge in [0.1, 0.15) is 24.7 Å². The fourth-order valence-electron chi connectivity index (χ4n) is 4.37. The first-order valence-corrected chi connectivity index (χ1v) is 11.1. The van der Waals surface area contributed by atoms with Gasteiger partial charge in [-0.05, 0) is 61.3 Å². The molecule has 1 saturated heterocycles. The van der Waals surface area contributed by atoms with Crippen LogP contribution in [0.2, 0.25) is 0 Å². The standard InChI is InChI=1S/C24H24N4O3S/c25-11-21-20-9-8-18(31-19-12-29-14-30-13-19)10-22(20)28(17-2-1-3-17)23(21)15-4-6-16(7-5-15)27-24(26)32/h4-10,17,19H,1-3,12-14H2,(H3,26,27,32). The summed E-state index contributed by atoms with van der Waals surface area (Å²) in [5.41, 5.74) is 10.0. The number of nitrogens with two attached hydrogens (primary N) is 1. The highest BCUT2D eigenvalue weighted by Crippen LogP contribution is 2.43. The minimum absolute atomic E-state index is 0.142. The van der Waals surface area contributed by atoms with E-state index in [-0.39, 0.29) is 11.2 Å². The topological polar surface area (TPSA) is 94.5 Å². The lowest BCUT2D eigenvalue weighted by Gasteiger charge is -2.30. The number of rotatable bonds is 5. The average molecular weight is 449 g/mol. The third-order valence-corrected chi connectivity index (χ3v) is 6.13. The summed E-state index contributed by atoms with van der Waals surface area (Å²) in [6.07, 6.45) is 3.24. The van der Waals surface area contributed by atoms with Crippen molar-refractivity contribution in [3.05, 3.63) is 48.0 Å². The van der Waals surface area contributed by atoms with E-state index in [2.05, 4.69) is 16.0 Å². The number of benzene rings is 2. The highest BCUT2D eigenvalue weighted by atomic mass is 32.1. The molecule has 0 bridgehead atoms. The summed E-state index contributed by atoms with van der Waals surface area (Å²) in [6, 6.07) is 16.6. The molecular weight excluding hydrogens is 424 g/mol. The molecule has 1 aromatic heterocycles. The molecule has 8 heteroatoms. The van der Waals surface area contributed by atoms with E-state index in [0.29, 0.717) is 31.6 Å². The van der Waals surface area contributed by atoms with Gasteiger partial charge in [0.15, 0.2) is 5.11 Å². The van der Waals surface area contributed by atoms with Crippen molar-refractivity contribution in [3.8, 4) is 23.1 Å². The SMILES string of the molecule is N#Cc1c(-c2ccc(NC(N)=S)cc2)n(C2CCC2)c2cc(OC3COCOC3)ccc12. The smallest absolute Gasteiger partial charge is 0.168 e. The van der Waals surface area contributed by atoms with Crippen LogP contribution >= 0.6 is 12.2 Å². The van der Waals surface area contributed by atoms with Gasteiger partial charge in [0, 0.05) is 23.2 Å². The second kappa shape index (κ2) is 8.79. The van der Waals surface area contributed by atoms with E-state index in [4.69, 9.17) is 32.2 Å². The fourth-order valence-corrected chi connectivity index (χ4v) is 4.48. The van der Waals surface area contributed by atoms with Crippen molar-refractivity contribution >= 4 is 33.9 Å². The van der Waals surface area contributed by atoms with Crippen LogP contribution in [0.3, 0.4) is 0 Å². The van der Waals surface area contributed by atoms with Crippen molar-refractivity contribution in [2.45, 2.75) is 31.4 Å². The maximum Gasteiger partial charge on any atom is 0.168 e. The molecule has 2 aliphatic rings. The Bertz CT molecular complexity index is 1190. The van der Waals surface area contributed by atoms with E-state index in [1.165, 1.54) is 6.42 Å². The number of nitrogens with one attached hydrogen (secondary N) is 1. The van der Waals surface area contributed by atoms with Crippen LogP contribution in [-0.2, 0) is 9.47 Å². The monoisotopic (exact) mass is 448 g/mol. The number of nitrogens with zero attached hydrogens (tertiary/aromatic N) is 2. The van der Waals surface area contributed by atoms with Crippen LogP contribution in [0.15, 0.2) is 42.5 Å². The van der Waals surface area contributed by atoms with Gasteiger partial charge in [0.05, 0.1) is 30.0 Å². The minimum atomic E-state index is -0.142. The van der Waals surface area contributed by atoms with E-state index in [9.17, 15) is 5.26 Å². The average Bonchev–Trinajstić information content (AvgIpc) is 3.07. The first-order chi connectivity index (χ1) is 15.6. The normalized spacial score (nSPS) is 17.0. The Kier molecular flexibility index (Phi) is 5.70. The lowest BCUT2D eigenvalue weighted by molar-refractivity contribution is -0.143. The first kappa shape index (κ1) is 20.8. The lowest BCUT2D eigenvalue weighted by atomic mass is 9.92. The molecule has 0 amide bonds. The van der Waals surface area contributed by atoms with Crippen molar-refractivity contribution in [1.82, 2.24) is 4.57 Å². The van der Waals surface area contributed by atoms with Gasteiger partial charge in [-0.25, -0.2) is 0 Å². The van der Waals surface area contributed by atoms with Crippen LogP contribution in [0.4, 0.5) is 5.69 Å².